The number of nitrogens with zero attached hydrogens (tertiary/aromatic N) is 2. The van der Waals surface area contributed by atoms with E-state index in [9.17, 15) is 18.0 Å². The topological polar surface area (TPSA) is 103 Å². The lowest BCUT2D eigenvalue weighted by atomic mass is 10.0. The highest BCUT2D eigenvalue weighted by molar-refractivity contribution is 7.90. The molecule has 3 rings (SSSR count). The molecule has 8 nitrogen and oxygen atoms in total. The summed E-state index contributed by atoms with van der Waals surface area (Å²) in [5.41, 5.74) is 1.98. The number of fused-ring (bicyclic) bond motifs is 1. The van der Waals surface area contributed by atoms with Gasteiger partial charge in [-0.1, -0.05) is 18.2 Å². The minimum atomic E-state index is -3.00. The second-order valence-corrected chi connectivity index (χ2v) is 9.87. The van der Waals surface area contributed by atoms with Crippen molar-refractivity contribution in [1.29, 1.82) is 0 Å². The summed E-state index contributed by atoms with van der Waals surface area (Å²) in [4.78, 5) is 31.8. The van der Waals surface area contributed by atoms with Gasteiger partial charge >= 0.3 is 0 Å². The minimum Gasteiger partial charge on any atom is -0.361 e. The Labute approximate surface area is 171 Å². The fourth-order valence-electron chi connectivity index (χ4n) is 3.67. The van der Waals surface area contributed by atoms with Crippen LogP contribution in [0.4, 0.5) is 0 Å². The third kappa shape index (κ3) is 5.80. The fraction of sp³-hybridized carbons (Fsp3) is 0.500. The second-order valence-electron chi connectivity index (χ2n) is 7.61. The van der Waals surface area contributed by atoms with E-state index in [1.807, 2.05) is 30.5 Å². The van der Waals surface area contributed by atoms with Gasteiger partial charge in [-0.05, 0) is 11.6 Å². The van der Waals surface area contributed by atoms with Crippen molar-refractivity contribution in [3.05, 3.63) is 36.0 Å². The fourth-order valence-corrected chi connectivity index (χ4v) is 4.26. The monoisotopic (exact) mass is 420 g/mol. The number of amides is 2. The number of aromatic nitrogens is 1. The van der Waals surface area contributed by atoms with Crippen LogP contribution in [0.15, 0.2) is 30.5 Å². The summed E-state index contributed by atoms with van der Waals surface area (Å²) in [5, 5.41) is 3.84. The maximum absolute atomic E-state index is 13.1. The first kappa shape index (κ1) is 21.3. The number of rotatable bonds is 7. The zero-order chi connectivity index (χ0) is 21.0. The van der Waals surface area contributed by atoms with Crippen LogP contribution in [0.5, 0.6) is 0 Å². The summed E-state index contributed by atoms with van der Waals surface area (Å²) in [6.45, 7) is 4.19. The molecule has 158 valence electrons. The van der Waals surface area contributed by atoms with E-state index in [0.717, 1.165) is 16.5 Å². The Morgan fingerprint density at radius 2 is 1.86 bits per heavy atom. The van der Waals surface area contributed by atoms with Crippen LogP contribution in [0.1, 0.15) is 12.5 Å². The van der Waals surface area contributed by atoms with E-state index in [2.05, 4.69) is 15.2 Å². The smallest absolute Gasteiger partial charge is 0.245 e. The maximum Gasteiger partial charge on any atom is 0.245 e. The van der Waals surface area contributed by atoms with E-state index in [1.54, 1.807) is 4.90 Å². The van der Waals surface area contributed by atoms with E-state index in [1.165, 1.54) is 13.2 Å². The molecule has 1 aromatic carbocycles. The first-order chi connectivity index (χ1) is 13.7. The number of sulfone groups is 1. The highest BCUT2D eigenvalue weighted by Gasteiger charge is 2.29. The van der Waals surface area contributed by atoms with Crippen molar-refractivity contribution in [2.75, 3.05) is 44.7 Å². The Balaban J connectivity index is 1.65. The number of para-hydroxylation sites is 1. The molecule has 0 saturated carbocycles. The van der Waals surface area contributed by atoms with Gasteiger partial charge in [-0.15, -0.1) is 0 Å². The van der Waals surface area contributed by atoms with Gasteiger partial charge in [0.1, 0.15) is 15.9 Å². The minimum absolute atomic E-state index is 0.103. The van der Waals surface area contributed by atoms with Crippen LogP contribution in [-0.2, 0) is 25.8 Å². The highest BCUT2D eigenvalue weighted by atomic mass is 32.2. The Kier molecular flexibility index (Phi) is 6.59. The molecule has 0 bridgehead atoms. The second kappa shape index (κ2) is 8.96. The summed E-state index contributed by atoms with van der Waals surface area (Å²) < 4.78 is 22.7. The number of carbonyl (C=O) groups excluding carboxylic acids is 2. The molecule has 2 amide bonds. The van der Waals surface area contributed by atoms with Crippen LogP contribution in [0.3, 0.4) is 0 Å². The van der Waals surface area contributed by atoms with Gasteiger partial charge in [0.05, 0.1) is 5.75 Å². The van der Waals surface area contributed by atoms with E-state index < -0.39 is 15.9 Å². The van der Waals surface area contributed by atoms with E-state index >= 15 is 0 Å². The maximum atomic E-state index is 13.1. The number of piperazine rings is 1. The predicted molar refractivity (Wildman–Crippen MR) is 112 cm³/mol. The van der Waals surface area contributed by atoms with Crippen molar-refractivity contribution in [3.63, 3.8) is 0 Å². The number of hydrogen-bond donors (Lipinski definition) is 2. The third-order valence-corrected chi connectivity index (χ3v) is 6.16. The summed E-state index contributed by atoms with van der Waals surface area (Å²) >= 11 is 0. The largest absolute Gasteiger partial charge is 0.361 e. The Hall–Kier alpha value is -2.39. The number of hydrogen-bond acceptors (Lipinski definition) is 5. The lowest BCUT2D eigenvalue weighted by Gasteiger charge is -2.36. The molecule has 1 fully saturated rings. The van der Waals surface area contributed by atoms with Crippen molar-refractivity contribution in [2.24, 2.45) is 0 Å². The first-order valence-corrected chi connectivity index (χ1v) is 11.8. The number of H-pyrrole nitrogens is 1. The molecular weight excluding hydrogens is 392 g/mol. The van der Waals surface area contributed by atoms with E-state index in [-0.39, 0.29) is 17.6 Å². The van der Waals surface area contributed by atoms with Gasteiger partial charge < -0.3 is 15.2 Å². The lowest BCUT2D eigenvalue weighted by Crippen LogP contribution is -2.55. The molecule has 9 heteroatoms. The van der Waals surface area contributed by atoms with Crippen LogP contribution < -0.4 is 5.32 Å². The number of benzene rings is 1. The molecule has 2 N–H and O–H groups in total. The molecule has 1 aliphatic rings. The lowest BCUT2D eigenvalue weighted by molar-refractivity contribution is -0.137. The van der Waals surface area contributed by atoms with Gasteiger partial charge in [0.2, 0.25) is 11.8 Å². The molecule has 1 aliphatic heterocycles. The van der Waals surface area contributed by atoms with Crippen LogP contribution >= 0.6 is 0 Å². The molecule has 2 aromatic rings. The summed E-state index contributed by atoms with van der Waals surface area (Å²) in [6.07, 6.45) is 3.53. The number of aromatic amines is 1. The van der Waals surface area contributed by atoms with E-state index in [0.29, 0.717) is 39.1 Å². The number of carbonyl (C=O) groups is 2. The molecule has 29 heavy (non-hydrogen) atoms. The standard InChI is InChI=1S/C20H28N4O4S/c1-15(25)22-19(13-16-14-21-18-6-4-3-5-17(16)18)20(26)24-9-7-23(8-10-24)11-12-29(2,27)28/h3-6,14,19,21H,7-13H2,1-2H3,(H,22,25). The zero-order valence-electron chi connectivity index (χ0n) is 16.8. The van der Waals surface area contributed by atoms with Gasteiger partial charge in [0.25, 0.3) is 0 Å². The Bertz CT molecular complexity index is 977. The quantitative estimate of drug-likeness (QED) is 0.675. The van der Waals surface area contributed by atoms with Gasteiger partial charge in [0.15, 0.2) is 0 Å². The molecule has 0 radical (unpaired) electrons. The first-order valence-electron chi connectivity index (χ1n) is 9.74. The molecule has 1 aromatic heterocycles. The molecule has 1 saturated heterocycles. The molecule has 1 atom stereocenters. The Morgan fingerprint density at radius 3 is 2.52 bits per heavy atom. The summed E-state index contributed by atoms with van der Waals surface area (Å²) in [7, 11) is -3.00. The molecule has 0 spiro atoms. The Morgan fingerprint density at radius 1 is 1.17 bits per heavy atom. The van der Waals surface area contributed by atoms with Gasteiger partial charge in [0, 0.05) is 69.4 Å². The highest BCUT2D eigenvalue weighted by Crippen LogP contribution is 2.20. The number of nitrogens with one attached hydrogen (secondary N) is 2. The van der Waals surface area contributed by atoms with Crippen LogP contribution in [0.25, 0.3) is 10.9 Å². The van der Waals surface area contributed by atoms with Crippen molar-refractivity contribution >= 4 is 32.6 Å². The molecule has 0 aliphatic carbocycles. The third-order valence-electron chi connectivity index (χ3n) is 5.24. The zero-order valence-corrected chi connectivity index (χ0v) is 17.7. The SMILES string of the molecule is CC(=O)NC(Cc1c[nH]c2ccccc12)C(=O)N1CCN(CCS(C)(=O)=O)CC1. The predicted octanol–water partition coefficient (Wildman–Crippen LogP) is 0.404. The van der Waals surface area contributed by atoms with Crippen molar-refractivity contribution in [3.8, 4) is 0 Å². The molecule has 2 heterocycles. The summed E-state index contributed by atoms with van der Waals surface area (Å²) in [5.74, 6) is -0.223. The van der Waals surface area contributed by atoms with Crippen molar-refractivity contribution in [1.82, 2.24) is 20.1 Å². The normalized spacial score (nSPS) is 16.7. The summed E-state index contributed by atoms with van der Waals surface area (Å²) in [6, 6.07) is 7.24. The molecular formula is C20H28N4O4S. The average molecular weight is 421 g/mol. The van der Waals surface area contributed by atoms with Gasteiger partial charge in [-0.2, -0.15) is 0 Å². The van der Waals surface area contributed by atoms with Crippen molar-refractivity contribution < 1.29 is 18.0 Å². The van der Waals surface area contributed by atoms with Crippen LogP contribution in [-0.4, -0.2) is 85.8 Å². The molecule has 1 unspecified atom stereocenters. The van der Waals surface area contributed by atoms with Crippen LogP contribution in [0.2, 0.25) is 0 Å². The van der Waals surface area contributed by atoms with Crippen molar-refractivity contribution in [2.45, 2.75) is 19.4 Å². The van der Waals surface area contributed by atoms with Gasteiger partial charge in [-0.3, -0.25) is 14.5 Å². The van der Waals surface area contributed by atoms with Gasteiger partial charge in [-0.25, -0.2) is 8.42 Å². The van der Waals surface area contributed by atoms with E-state index in [4.69, 9.17) is 0 Å². The van der Waals surface area contributed by atoms with Crippen LogP contribution in [0, 0.1) is 0 Å². The average Bonchev–Trinajstić information content (AvgIpc) is 3.08.